The van der Waals surface area contributed by atoms with Crippen LogP contribution in [0.1, 0.15) is 30.9 Å². The Morgan fingerprint density at radius 3 is 3.19 bits per heavy atom. The molecule has 0 N–H and O–H groups in total. The number of hydrogen-bond acceptors (Lipinski definition) is 4. The molecule has 1 atom stereocenters. The highest BCUT2D eigenvalue weighted by Gasteiger charge is 2.32. The highest BCUT2D eigenvalue weighted by Crippen LogP contribution is 2.35. The fourth-order valence-electron chi connectivity index (χ4n) is 3.20. The monoisotopic (exact) mass is 353 g/mol. The Labute approximate surface area is 133 Å². The molecule has 2 aliphatic heterocycles. The molecular weight excluding hydrogens is 334 g/mol. The van der Waals surface area contributed by atoms with E-state index in [2.05, 4.69) is 33.0 Å². The summed E-state index contributed by atoms with van der Waals surface area (Å²) in [6, 6.07) is 4.12. The number of nitrogens with zero attached hydrogens (tertiary/aromatic N) is 1. The molecular formula is C16H20BrNO3. The summed E-state index contributed by atoms with van der Waals surface area (Å²) in [6.07, 6.45) is 2.89. The summed E-state index contributed by atoms with van der Waals surface area (Å²) in [4.78, 5) is 14.3. The van der Waals surface area contributed by atoms with Crippen LogP contribution in [0, 0.1) is 0 Å². The Morgan fingerprint density at radius 2 is 2.38 bits per heavy atom. The molecule has 114 valence electrons. The molecule has 0 aliphatic carbocycles. The van der Waals surface area contributed by atoms with Crippen LogP contribution in [0.4, 0.5) is 0 Å². The Bertz CT molecular complexity index is 547. The van der Waals surface area contributed by atoms with Gasteiger partial charge in [-0.1, -0.05) is 15.9 Å². The van der Waals surface area contributed by atoms with E-state index in [1.807, 2.05) is 6.92 Å². The molecule has 1 unspecified atom stereocenters. The Kier molecular flexibility index (Phi) is 4.50. The maximum atomic E-state index is 12.0. The maximum absolute atomic E-state index is 12.0. The molecule has 2 aliphatic rings. The van der Waals surface area contributed by atoms with Crippen LogP contribution in [-0.2, 0) is 22.5 Å². The molecule has 0 saturated carbocycles. The summed E-state index contributed by atoms with van der Waals surface area (Å²) in [6.45, 7) is 4.72. The molecule has 0 bridgehead atoms. The fraction of sp³-hybridized carbons (Fsp3) is 0.562. The van der Waals surface area contributed by atoms with Crippen LogP contribution in [0.25, 0.3) is 0 Å². The van der Waals surface area contributed by atoms with Gasteiger partial charge in [0.1, 0.15) is 11.8 Å². The number of ether oxygens (including phenoxy) is 2. The highest BCUT2D eigenvalue weighted by molar-refractivity contribution is 9.10. The van der Waals surface area contributed by atoms with Crippen molar-refractivity contribution in [2.24, 2.45) is 0 Å². The minimum Gasteiger partial charge on any atom is -0.493 e. The lowest BCUT2D eigenvalue weighted by Crippen LogP contribution is -2.36. The first kappa shape index (κ1) is 14.9. The lowest BCUT2D eigenvalue weighted by molar-refractivity contribution is -0.148. The third kappa shape index (κ3) is 3.09. The molecule has 1 aromatic rings. The largest absolute Gasteiger partial charge is 0.493 e. The fourth-order valence-corrected chi connectivity index (χ4v) is 3.76. The van der Waals surface area contributed by atoms with Crippen molar-refractivity contribution in [3.05, 3.63) is 27.7 Å². The first-order valence-electron chi connectivity index (χ1n) is 7.54. The van der Waals surface area contributed by atoms with Gasteiger partial charge in [-0.15, -0.1) is 0 Å². The minimum absolute atomic E-state index is 0.0949. The molecule has 0 aromatic heterocycles. The van der Waals surface area contributed by atoms with Crippen molar-refractivity contribution in [1.82, 2.24) is 4.90 Å². The third-order valence-corrected chi connectivity index (χ3v) is 4.58. The van der Waals surface area contributed by atoms with Crippen molar-refractivity contribution in [3.8, 4) is 5.75 Å². The smallest absolute Gasteiger partial charge is 0.323 e. The van der Waals surface area contributed by atoms with Gasteiger partial charge in [-0.3, -0.25) is 9.69 Å². The van der Waals surface area contributed by atoms with Crippen molar-refractivity contribution in [3.63, 3.8) is 0 Å². The second-order valence-electron chi connectivity index (χ2n) is 5.53. The molecule has 4 nitrogen and oxygen atoms in total. The van der Waals surface area contributed by atoms with Crippen LogP contribution < -0.4 is 4.74 Å². The number of likely N-dealkylation sites (tertiary alicyclic amines) is 1. The van der Waals surface area contributed by atoms with Gasteiger partial charge in [0.25, 0.3) is 0 Å². The first-order chi connectivity index (χ1) is 10.2. The van der Waals surface area contributed by atoms with Crippen molar-refractivity contribution in [2.45, 2.75) is 38.8 Å². The van der Waals surface area contributed by atoms with Gasteiger partial charge in [-0.25, -0.2) is 0 Å². The van der Waals surface area contributed by atoms with Gasteiger partial charge in [0, 0.05) is 23.0 Å². The van der Waals surface area contributed by atoms with Gasteiger partial charge in [0.15, 0.2) is 0 Å². The molecule has 0 amide bonds. The van der Waals surface area contributed by atoms with E-state index in [0.29, 0.717) is 6.61 Å². The van der Waals surface area contributed by atoms with E-state index in [4.69, 9.17) is 9.47 Å². The van der Waals surface area contributed by atoms with Crippen LogP contribution in [0.2, 0.25) is 0 Å². The molecule has 1 aromatic carbocycles. The van der Waals surface area contributed by atoms with Crippen LogP contribution in [0.5, 0.6) is 5.75 Å². The summed E-state index contributed by atoms with van der Waals surface area (Å²) in [5.41, 5.74) is 2.42. The summed E-state index contributed by atoms with van der Waals surface area (Å²) in [5, 5.41) is 0. The molecule has 2 heterocycles. The van der Waals surface area contributed by atoms with Gasteiger partial charge in [-0.05, 0) is 44.0 Å². The average molecular weight is 354 g/mol. The predicted molar refractivity (Wildman–Crippen MR) is 83.4 cm³/mol. The minimum atomic E-state index is -0.110. The molecule has 0 spiro atoms. The second kappa shape index (κ2) is 6.36. The molecule has 1 fully saturated rings. The van der Waals surface area contributed by atoms with E-state index >= 15 is 0 Å². The maximum Gasteiger partial charge on any atom is 0.323 e. The number of fused-ring (bicyclic) bond motifs is 1. The average Bonchev–Trinajstić information content (AvgIpc) is 3.07. The number of carbonyl (C=O) groups is 1. The van der Waals surface area contributed by atoms with E-state index in [1.165, 1.54) is 5.56 Å². The normalized spacial score (nSPS) is 21.1. The van der Waals surface area contributed by atoms with E-state index in [9.17, 15) is 4.79 Å². The number of benzene rings is 1. The summed E-state index contributed by atoms with van der Waals surface area (Å²) >= 11 is 3.57. The van der Waals surface area contributed by atoms with E-state index < -0.39 is 0 Å². The van der Waals surface area contributed by atoms with E-state index in [-0.39, 0.29) is 12.0 Å². The van der Waals surface area contributed by atoms with Gasteiger partial charge in [0.05, 0.1) is 13.2 Å². The molecule has 5 heteroatoms. The van der Waals surface area contributed by atoms with Gasteiger partial charge < -0.3 is 9.47 Å². The number of rotatable bonds is 4. The number of esters is 1. The van der Waals surface area contributed by atoms with Gasteiger partial charge in [-0.2, -0.15) is 0 Å². The molecule has 1 saturated heterocycles. The number of carbonyl (C=O) groups excluding carboxylic acids is 1. The van der Waals surface area contributed by atoms with Crippen LogP contribution >= 0.6 is 15.9 Å². The highest BCUT2D eigenvalue weighted by atomic mass is 79.9. The van der Waals surface area contributed by atoms with Crippen LogP contribution in [0.3, 0.4) is 0 Å². The Morgan fingerprint density at radius 1 is 1.52 bits per heavy atom. The predicted octanol–water partition coefficient (Wildman–Crippen LogP) is 2.91. The van der Waals surface area contributed by atoms with Crippen molar-refractivity contribution in [2.75, 3.05) is 19.8 Å². The Hall–Kier alpha value is -1.07. The molecule has 0 radical (unpaired) electrons. The third-order valence-electron chi connectivity index (χ3n) is 4.12. The Balaban J connectivity index is 1.79. The second-order valence-corrected chi connectivity index (χ2v) is 6.45. The zero-order valence-electron chi connectivity index (χ0n) is 12.2. The van der Waals surface area contributed by atoms with E-state index in [1.54, 1.807) is 0 Å². The quantitative estimate of drug-likeness (QED) is 0.780. The topological polar surface area (TPSA) is 38.8 Å². The van der Waals surface area contributed by atoms with Crippen molar-refractivity contribution >= 4 is 21.9 Å². The number of hydrogen-bond donors (Lipinski definition) is 0. The first-order valence-corrected chi connectivity index (χ1v) is 8.33. The van der Waals surface area contributed by atoms with Crippen LogP contribution in [-0.4, -0.2) is 36.7 Å². The SMILES string of the molecule is CCOC(=O)C1CCCN1Cc1cc(Br)cc2c1OCC2. The lowest BCUT2D eigenvalue weighted by Gasteiger charge is -2.23. The van der Waals surface area contributed by atoms with Crippen LogP contribution in [0.15, 0.2) is 16.6 Å². The zero-order chi connectivity index (χ0) is 14.8. The summed E-state index contributed by atoms with van der Waals surface area (Å²) < 4.78 is 12.0. The van der Waals surface area contributed by atoms with Crippen molar-refractivity contribution in [1.29, 1.82) is 0 Å². The summed E-state index contributed by atoms with van der Waals surface area (Å²) in [5.74, 6) is 0.912. The van der Waals surface area contributed by atoms with E-state index in [0.717, 1.165) is 54.7 Å². The standard InChI is InChI=1S/C16H20BrNO3/c1-2-20-16(19)14-4-3-6-18(14)10-12-9-13(17)8-11-5-7-21-15(11)12/h8-9,14H,2-7,10H2,1H3. The number of halogens is 1. The zero-order valence-corrected chi connectivity index (χ0v) is 13.8. The molecule has 21 heavy (non-hydrogen) atoms. The van der Waals surface area contributed by atoms with Gasteiger partial charge in [0.2, 0.25) is 0 Å². The lowest BCUT2D eigenvalue weighted by atomic mass is 10.1. The summed E-state index contributed by atoms with van der Waals surface area (Å²) in [7, 11) is 0. The van der Waals surface area contributed by atoms with Gasteiger partial charge >= 0.3 is 5.97 Å². The molecule has 3 rings (SSSR count). The van der Waals surface area contributed by atoms with Crippen molar-refractivity contribution < 1.29 is 14.3 Å².